The molecule has 4 heteroatoms. The fourth-order valence-electron chi connectivity index (χ4n) is 2.18. The van der Waals surface area contributed by atoms with Crippen LogP contribution in [0.25, 0.3) is 0 Å². The van der Waals surface area contributed by atoms with Crippen LogP contribution in [0.1, 0.15) is 32.1 Å². The first-order chi connectivity index (χ1) is 7.65. The molecule has 0 radical (unpaired) electrons. The number of hydrogen-bond acceptors (Lipinski definition) is 3. The minimum Gasteiger partial charge on any atom is -0.341 e. The van der Waals surface area contributed by atoms with Crippen LogP contribution in [0, 0.1) is 0 Å². The molecule has 94 valence electrons. The molecule has 1 amide bonds. The number of carbonyl (C=O) groups excluding carboxylic acids is 1. The van der Waals surface area contributed by atoms with Gasteiger partial charge in [0.2, 0.25) is 5.91 Å². The van der Waals surface area contributed by atoms with Crippen LogP contribution < -0.4 is 5.73 Å². The van der Waals surface area contributed by atoms with E-state index >= 15 is 0 Å². The normalized spacial score (nSPS) is 21.5. The van der Waals surface area contributed by atoms with Crippen LogP contribution in [0.15, 0.2) is 0 Å². The number of unbranched alkanes of at least 4 members (excludes halogenated alkanes) is 1. The molecule has 0 spiro atoms. The molecule has 16 heavy (non-hydrogen) atoms. The molecule has 0 aliphatic carbocycles. The number of hydrogen-bond donors (Lipinski definition) is 1. The molecular formula is C12H25N3O. The summed E-state index contributed by atoms with van der Waals surface area (Å²) in [5.74, 6) is 0.306. The third-order valence-corrected chi connectivity index (χ3v) is 3.32. The Morgan fingerprint density at radius 2 is 2.19 bits per heavy atom. The van der Waals surface area contributed by atoms with E-state index in [2.05, 4.69) is 19.0 Å². The number of nitrogens with two attached hydrogens (primary N) is 1. The van der Waals surface area contributed by atoms with Crippen molar-refractivity contribution < 1.29 is 4.79 Å². The van der Waals surface area contributed by atoms with E-state index < -0.39 is 0 Å². The lowest BCUT2D eigenvalue weighted by Gasteiger charge is -2.36. The molecule has 1 unspecified atom stereocenters. The highest BCUT2D eigenvalue weighted by atomic mass is 16.2. The Balaban J connectivity index is 2.32. The fourth-order valence-corrected chi connectivity index (χ4v) is 2.18. The van der Waals surface area contributed by atoms with Crippen LogP contribution in [-0.4, -0.2) is 55.5 Å². The summed E-state index contributed by atoms with van der Waals surface area (Å²) in [4.78, 5) is 16.1. The second-order valence-electron chi connectivity index (χ2n) is 4.85. The van der Waals surface area contributed by atoms with E-state index in [1.54, 1.807) is 0 Å². The van der Waals surface area contributed by atoms with Crippen LogP contribution in [-0.2, 0) is 4.79 Å². The Hall–Kier alpha value is -0.610. The van der Waals surface area contributed by atoms with E-state index in [-0.39, 0.29) is 0 Å². The maximum atomic E-state index is 11.9. The summed E-state index contributed by atoms with van der Waals surface area (Å²) in [6.07, 6.45) is 4.89. The van der Waals surface area contributed by atoms with E-state index in [1.807, 2.05) is 4.90 Å². The van der Waals surface area contributed by atoms with E-state index in [0.29, 0.717) is 24.9 Å². The number of carbonyl (C=O) groups is 1. The van der Waals surface area contributed by atoms with E-state index in [1.165, 1.54) is 6.42 Å². The average Bonchev–Trinajstić information content (AvgIpc) is 2.29. The van der Waals surface area contributed by atoms with Crippen molar-refractivity contribution in [2.75, 3.05) is 33.7 Å². The molecule has 1 rings (SSSR count). The molecular weight excluding hydrogens is 202 g/mol. The van der Waals surface area contributed by atoms with Crippen LogP contribution >= 0.6 is 0 Å². The predicted molar refractivity (Wildman–Crippen MR) is 66.2 cm³/mol. The SMILES string of the molecule is CN(C)C1CCCN(C(=O)CCCCN)C1. The Kier molecular flexibility index (Phi) is 5.77. The molecule has 1 heterocycles. The zero-order chi connectivity index (χ0) is 12.0. The summed E-state index contributed by atoms with van der Waals surface area (Å²) < 4.78 is 0. The number of piperidine rings is 1. The number of likely N-dealkylation sites (tertiary alicyclic amines) is 1. The molecule has 1 aliphatic rings. The van der Waals surface area contributed by atoms with Gasteiger partial charge in [-0.15, -0.1) is 0 Å². The van der Waals surface area contributed by atoms with Crippen molar-refractivity contribution in [3.63, 3.8) is 0 Å². The van der Waals surface area contributed by atoms with Gasteiger partial charge in [-0.2, -0.15) is 0 Å². The molecule has 0 aromatic heterocycles. The third kappa shape index (κ3) is 4.10. The summed E-state index contributed by atoms with van der Waals surface area (Å²) in [5.41, 5.74) is 5.42. The van der Waals surface area contributed by atoms with Gasteiger partial charge in [0.05, 0.1) is 0 Å². The van der Waals surface area contributed by atoms with Gasteiger partial charge in [-0.3, -0.25) is 4.79 Å². The summed E-state index contributed by atoms with van der Waals surface area (Å²) >= 11 is 0. The lowest BCUT2D eigenvalue weighted by molar-refractivity contribution is -0.133. The maximum Gasteiger partial charge on any atom is 0.222 e. The van der Waals surface area contributed by atoms with Gasteiger partial charge in [0, 0.05) is 25.6 Å². The van der Waals surface area contributed by atoms with Crippen LogP contribution in [0.5, 0.6) is 0 Å². The van der Waals surface area contributed by atoms with Crippen LogP contribution in [0.4, 0.5) is 0 Å². The van der Waals surface area contributed by atoms with E-state index in [9.17, 15) is 4.79 Å². The zero-order valence-electron chi connectivity index (χ0n) is 10.6. The van der Waals surface area contributed by atoms with Gasteiger partial charge in [-0.05, 0) is 46.3 Å². The number of nitrogens with zero attached hydrogens (tertiary/aromatic N) is 2. The lowest BCUT2D eigenvalue weighted by atomic mass is 10.0. The van der Waals surface area contributed by atoms with Crippen molar-refractivity contribution >= 4 is 5.91 Å². The molecule has 0 saturated carbocycles. The number of rotatable bonds is 5. The van der Waals surface area contributed by atoms with Gasteiger partial charge in [0.25, 0.3) is 0 Å². The highest BCUT2D eigenvalue weighted by Crippen LogP contribution is 2.15. The van der Waals surface area contributed by atoms with Gasteiger partial charge < -0.3 is 15.5 Å². The quantitative estimate of drug-likeness (QED) is 0.702. The van der Waals surface area contributed by atoms with Crippen molar-refractivity contribution in [2.45, 2.75) is 38.1 Å². The fraction of sp³-hybridized carbons (Fsp3) is 0.917. The first-order valence-corrected chi connectivity index (χ1v) is 6.29. The monoisotopic (exact) mass is 227 g/mol. The molecule has 1 aliphatic heterocycles. The molecule has 0 aromatic rings. The molecule has 1 fully saturated rings. The third-order valence-electron chi connectivity index (χ3n) is 3.32. The molecule has 2 N–H and O–H groups in total. The van der Waals surface area contributed by atoms with Crippen LogP contribution in [0.3, 0.4) is 0 Å². The standard InChI is InChI=1S/C12H25N3O/c1-14(2)11-6-5-9-15(10-11)12(16)7-3-4-8-13/h11H,3-10,13H2,1-2H3. The van der Waals surface area contributed by atoms with Crippen molar-refractivity contribution in [1.29, 1.82) is 0 Å². The molecule has 0 aromatic carbocycles. The van der Waals surface area contributed by atoms with Crippen molar-refractivity contribution in [3.8, 4) is 0 Å². The van der Waals surface area contributed by atoms with Crippen molar-refractivity contribution in [1.82, 2.24) is 9.80 Å². The van der Waals surface area contributed by atoms with Gasteiger partial charge in [0.15, 0.2) is 0 Å². The Morgan fingerprint density at radius 1 is 1.44 bits per heavy atom. The Bertz CT molecular complexity index is 218. The summed E-state index contributed by atoms with van der Waals surface area (Å²) in [5, 5.41) is 0. The van der Waals surface area contributed by atoms with Crippen molar-refractivity contribution in [2.24, 2.45) is 5.73 Å². The summed E-state index contributed by atoms with van der Waals surface area (Å²) in [6, 6.07) is 0.534. The molecule has 1 saturated heterocycles. The topological polar surface area (TPSA) is 49.6 Å². The average molecular weight is 227 g/mol. The highest BCUT2D eigenvalue weighted by molar-refractivity contribution is 5.76. The minimum absolute atomic E-state index is 0.306. The largest absolute Gasteiger partial charge is 0.341 e. The maximum absolute atomic E-state index is 11.9. The van der Waals surface area contributed by atoms with Crippen LogP contribution in [0.2, 0.25) is 0 Å². The first kappa shape index (κ1) is 13.5. The smallest absolute Gasteiger partial charge is 0.222 e. The van der Waals surface area contributed by atoms with Gasteiger partial charge >= 0.3 is 0 Å². The first-order valence-electron chi connectivity index (χ1n) is 6.29. The van der Waals surface area contributed by atoms with Gasteiger partial charge in [-0.25, -0.2) is 0 Å². The second-order valence-corrected chi connectivity index (χ2v) is 4.85. The number of amides is 1. The van der Waals surface area contributed by atoms with Gasteiger partial charge in [-0.1, -0.05) is 0 Å². The molecule has 1 atom stereocenters. The summed E-state index contributed by atoms with van der Waals surface area (Å²) in [6.45, 7) is 2.52. The summed E-state index contributed by atoms with van der Waals surface area (Å²) in [7, 11) is 4.18. The predicted octanol–water partition coefficient (Wildman–Crippen LogP) is 0.668. The number of likely N-dealkylation sites (N-methyl/N-ethyl adjacent to an activating group) is 1. The van der Waals surface area contributed by atoms with Crippen molar-refractivity contribution in [3.05, 3.63) is 0 Å². The Morgan fingerprint density at radius 3 is 2.81 bits per heavy atom. The minimum atomic E-state index is 0.306. The molecule has 4 nitrogen and oxygen atoms in total. The molecule has 0 bridgehead atoms. The second kappa shape index (κ2) is 6.86. The highest BCUT2D eigenvalue weighted by Gasteiger charge is 2.24. The lowest BCUT2D eigenvalue weighted by Crippen LogP contribution is -2.47. The zero-order valence-corrected chi connectivity index (χ0v) is 10.6. The van der Waals surface area contributed by atoms with E-state index in [4.69, 9.17) is 5.73 Å². The Labute approximate surface area is 98.8 Å². The van der Waals surface area contributed by atoms with E-state index in [0.717, 1.165) is 32.4 Å². The van der Waals surface area contributed by atoms with Gasteiger partial charge in [0.1, 0.15) is 0 Å².